The molecule has 0 heterocycles. The Balaban J connectivity index is 2.67. The maximum Gasteiger partial charge on any atom is 0.312 e. The maximum atomic E-state index is 11.8. The van der Waals surface area contributed by atoms with Gasteiger partial charge in [0.25, 0.3) is 0 Å². The third-order valence-electron chi connectivity index (χ3n) is 3.80. The van der Waals surface area contributed by atoms with Crippen LogP contribution in [0.3, 0.4) is 0 Å². The van der Waals surface area contributed by atoms with Crippen molar-refractivity contribution in [2.75, 3.05) is 19.9 Å². The third kappa shape index (κ3) is 4.45. The van der Waals surface area contributed by atoms with Gasteiger partial charge in [0.05, 0.1) is 17.8 Å². The van der Waals surface area contributed by atoms with Gasteiger partial charge in [-0.05, 0) is 26.7 Å². The van der Waals surface area contributed by atoms with Gasteiger partial charge in [-0.1, -0.05) is 12.8 Å². The van der Waals surface area contributed by atoms with Gasteiger partial charge in [0.2, 0.25) is 0 Å². The highest BCUT2D eigenvalue weighted by Gasteiger charge is 2.35. The molecule has 19 heavy (non-hydrogen) atoms. The van der Waals surface area contributed by atoms with Crippen molar-refractivity contribution in [2.24, 2.45) is 5.41 Å². The second kappa shape index (κ2) is 6.22. The Morgan fingerprint density at radius 3 is 2.42 bits per heavy atom. The minimum absolute atomic E-state index is 0.0623. The van der Waals surface area contributed by atoms with Crippen molar-refractivity contribution in [3.63, 3.8) is 0 Å². The van der Waals surface area contributed by atoms with E-state index in [1.54, 1.807) is 13.8 Å². The molecule has 0 aliphatic heterocycles. The third-order valence-corrected chi connectivity index (χ3v) is 5.46. The normalized spacial score (nSPS) is 25.1. The van der Waals surface area contributed by atoms with E-state index in [4.69, 9.17) is 4.74 Å². The van der Waals surface area contributed by atoms with Crippen molar-refractivity contribution in [1.29, 1.82) is 0 Å². The fraction of sp³-hybridized carbons (Fsp3) is 0.923. The van der Waals surface area contributed by atoms with Crippen LogP contribution in [0.1, 0.15) is 39.5 Å². The molecule has 0 radical (unpaired) electrons. The lowest BCUT2D eigenvalue weighted by Crippen LogP contribution is -2.50. The van der Waals surface area contributed by atoms with E-state index < -0.39 is 15.3 Å². The van der Waals surface area contributed by atoms with Gasteiger partial charge in [-0.25, -0.2) is 8.42 Å². The molecule has 1 aliphatic carbocycles. The molecule has 112 valence electrons. The summed E-state index contributed by atoms with van der Waals surface area (Å²) in [5.41, 5.74) is -0.645. The highest BCUT2D eigenvalue weighted by molar-refractivity contribution is 7.91. The Hall–Kier alpha value is -0.620. The Labute approximate surface area is 116 Å². The Kier molecular flexibility index (Phi) is 5.38. The molecule has 0 bridgehead atoms. The predicted octanol–water partition coefficient (Wildman–Crippen LogP) is 1.13. The summed E-state index contributed by atoms with van der Waals surface area (Å²) in [4.78, 5) is 11.6. The monoisotopic (exact) mass is 291 g/mol. The summed E-state index contributed by atoms with van der Waals surface area (Å²) in [7, 11) is -1.68. The van der Waals surface area contributed by atoms with Gasteiger partial charge < -0.3 is 10.1 Å². The molecule has 1 N–H and O–H groups in total. The molecule has 0 amide bonds. The van der Waals surface area contributed by atoms with E-state index in [2.05, 4.69) is 5.32 Å². The van der Waals surface area contributed by atoms with Crippen molar-refractivity contribution in [1.82, 2.24) is 5.32 Å². The highest BCUT2D eigenvalue weighted by Crippen LogP contribution is 2.25. The minimum atomic E-state index is -3.05. The van der Waals surface area contributed by atoms with Crippen LogP contribution in [0.25, 0.3) is 0 Å². The first-order chi connectivity index (χ1) is 8.68. The lowest BCUT2D eigenvalue weighted by atomic mass is 9.90. The van der Waals surface area contributed by atoms with E-state index in [0.29, 0.717) is 13.0 Å². The lowest BCUT2D eigenvalue weighted by Gasteiger charge is -2.33. The van der Waals surface area contributed by atoms with Gasteiger partial charge in [0, 0.05) is 18.8 Å². The van der Waals surface area contributed by atoms with Gasteiger partial charge in [-0.2, -0.15) is 0 Å². The van der Waals surface area contributed by atoms with Crippen LogP contribution in [0.2, 0.25) is 0 Å². The number of sulfone groups is 1. The van der Waals surface area contributed by atoms with Crippen LogP contribution in [-0.4, -0.2) is 45.6 Å². The molecule has 0 unspecified atom stereocenters. The topological polar surface area (TPSA) is 72.5 Å². The van der Waals surface area contributed by atoms with Crippen LogP contribution in [0.4, 0.5) is 0 Å². The van der Waals surface area contributed by atoms with Crippen LogP contribution in [-0.2, 0) is 19.4 Å². The zero-order valence-corrected chi connectivity index (χ0v) is 13.0. The summed E-state index contributed by atoms with van der Waals surface area (Å²) in [6, 6.07) is -0.0623. The summed E-state index contributed by atoms with van der Waals surface area (Å²) in [6.45, 7) is 4.02. The fourth-order valence-corrected chi connectivity index (χ4v) is 4.00. The Bertz CT molecular complexity index is 416. The number of methoxy groups -OCH3 is 1. The first kappa shape index (κ1) is 16.4. The molecule has 0 aromatic rings. The number of nitrogens with one attached hydrogen (secondary N) is 1. The first-order valence-electron chi connectivity index (χ1n) is 6.69. The second-order valence-electron chi connectivity index (χ2n) is 6.02. The molecule has 1 fully saturated rings. The smallest absolute Gasteiger partial charge is 0.312 e. The van der Waals surface area contributed by atoms with E-state index in [1.807, 2.05) is 0 Å². The van der Waals surface area contributed by atoms with Gasteiger partial charge in [-0.15, -0.1) is 0 Å². The van der Waals surface area contributed by atoms with Crippen molar-refractivity contribution in [3.8, 4) is 0 Å². The molecule has 1 aliphatic rings. The average Bonchev–Trinajstić information content (AvgIpc) is 2.34. The average molecular weight is 291 g/mol. The number of hydrogen-bond acceptors (Lipinski definition) is 5. The molecule has 0 aromatic heterocycles. The van der Waals surface area contributed by atoms with Crippen LogP contribution in [0.15, 0.2) is 0 Å². The quantitative estimate of drug-likeness (QED) is 0.769. The molecule has 5 nitrogen and oxygen atoms in total. The summed E-state index contributed by atoms with van der Waals surface area (Å²) >= 11 is 0. The van der Waals surface area contributed by atoms with Crippen molar-refractivity contribution < 1.29 is 17.9 Å². The molecule has 0 saturated heterocycles. The summed E-state index contributed by atoms with van der Waals surface area (Å²) in [6.07, 6.45) is 4.83. The molecule has 0 spiro atoms. The van der Waals surface area contributed by atoms with E-state index >= 15 is 0 Å². The molecule has 2 atom stereocenters. The number of carbonyl (C=O) groups excluding carboxylic acids is 1. The zero-order chi connectivity index (χ0) is 14.7. The minimum Gasteiger partial charge on any atom is -0.469 e. The van der Waals surface area contributed by atoms with E-state index in [-0.39, 0.29) is 17.3 Å². The number of esters is 1. The van der Waals surface area contributed by atoms with E-state index in [0.717, 1.165) is 19.3 Å². The van der Waals surface area contributed by atoms with Crippen LogP contribution in [0.5, 0.6) is 0 Å². The largest absolute Gasteiger partial charge is 0.469 e. The molecular weight excluding hydrogens is 266 g/mol. The number of rotatable bonds is 5. The molecular formula is C13H25NO4S. The SMILES string of the molecule is COC(=O)C(C)(C)CN[C@@H]1CCCC[C@H]1S(C)(=O)=O. The lowest BCUT2D eigenvalue weighted by molar-refractivity contribution is -0.150. The molecule has 6 heteroatoms. The second-order valence-corrected chi connectivity index (χ2v) is 8.28. The number of carbonyl (C=O) groups is 1. The van der Waals surface area contributed by atoms with Gasteiger partial charge in [0.15, 0.2) is 9.84 Å². The van der Waals surface area contributed by atoms with E-state index in [1.165, 1.54) is 13.4 Å². The van der Waals surface area contributed by atoms with Gasteiger partial charge >= 0.3 is 5.97 Å². The summed E-state index contributed by atoms with van der Waals surface area (Å²) < 4.78 is 28.3. The fourth-order valence-electron chi connectivity index (χ4n) is 2.58. The van der Waals surface area contributed by atoms with Crippen LogP contribution in [0, 0.1) is 5.41 Å². The van der Waals surface area contributed by atoms with Crippen molar-refractivity contribution >= 4 is 15.8 Å². The van der Waals surface area contributed by atoms with Crippen molar-refractivity contribution in [2.45, 2.75) is 50.8 Å². The van der Waals surface area contributed by atoms with E-state index in [9.17, 15) is 13.2 Å². The highest BCUT2D eigenvalue weighted by atomic mass is 32.2. The standard InChI is InChI=1S/C13H25NO4S/c1-13(2,12(15)18-3)9-14-10-7-5-6-8-11(10)19(4,16)17/h10-11,14H,5-9H2,1-4H3/t10-,11-/m1/s1. The van der Waals surface area contributed by atoms with Crippen molar-refractivity contribution in [3.05, 3.63) is 0 Å². The maximum absolute atomic E-state index is 11.8. The van der Waals surface area contributed by atoms with Gasteiger partial charge in [-0.3, -0.25) is 4.79 Å². The molecule has 1 rings (SSSR count). The first-order valence-corrected chi connectivity index (χ1v) is 8.64. The van der Waals surface area contributed by atoms with Gasteiger partial charge in [0.1, 0.15) is 0 Å². The predicted molar refractivity (Wildman–Crippen MR) is 74.7 cm³/mol. The van der Waals surface area contributed by atoms with Crippen LogP contribution >= 0.6 is 0 Å². The summed E-state index contributed by atoms with van der Waals surface area (Å²) in [5, 5.41) is 2.92. The molecule has 1 saturated carbocycles. The number of ether oxygens (including phenoxy) is 1. The number of hydrogen-bond donors (Lipinski definition) is 1. The summed E-state index contributed by atoms with van der Waals surface area (Å²) in [5.74, 6) is -0.285. The molecule has 0 aromatic carbocycles. The Morgan fingerprint density at radius 2 is 1.89 bits per heavy atom. The van der Waals surface area contributed by atoms with Crippen LogP contribution < -0.4 is 5.32 Å². The Morgan fingerprint density at radius 1 is 1.32 bits per heavy atom. The zero-order valence-electron chi connectivity index (χ0n) is 12.2.